The minimum atomic E-state index is -1.87. The summed E-state index contributed by atoms with van der Waals surface area (Å²) in [6, 6.07) is 18.3. The first kappa shape index (κ1) is 38.3. The number of hydrogen-bond acceptors (Lipinski definition) is 3. The van der Waals surface area contributed by atoms with E-state index < -0.39 is 13.5 Å². The molecule has 0 spiro atoms. The molecule has 9 heteroatoms. The van der Waals surface area contributed by atoms with E-state index in [0.717, 1.165) is 24.4 Å². The zero-order valence-corrected chi connectivity index (χ0v) is 32.6. The number of halogens is 4. The van der Waals surface area contributed by atoms with Crippen molar-refractivity contribution in [3.8, 4) is 5.75 Å². The van der Waals surface area contributed by atoms with Crippen LogP contribution in [0.15, 0.2) is 67.0 Å². The molecule has 46 heavy (non-hydrogen) atoms. The molecule has 0 aliphatic carbocycles. The van der Waals surface area contributed by atoms with Gasteiger partial charge in [0, 0.05) is 36.9 Å². The molecular formula is C37H44Cl4N3ORu-. The first-order valence-electron chi connectivity index (χ1n) is 14.9. The van der Waals surface area contributed by atoms with Crippen molar-refractivity contribution in [3.63, 3.8) is 0 Å². The van der Waals surface area contributed by atoms with E-state index in [4.69, 9.17) is 42.6 Å². The van der Waals surface area contributed by atoms with Gasteiger partial charge in [0.1, 0.15) is 0 Å². The fraction of sp³-hybridized carbons (Fsp3) is 0.297. The van der Waals surface area contributed by atoms with Gasteiger partial charge in [-0.3, -0.25) is 4.98 Å². The summed E-state index contributed by atoms with van der Waals surface area (Å²) < 4.78 is 4.64. The molecule has 3 aromatic carbocycles. The molecule has 0 atom stereocenters. The fourth-order valence-electron chi connectivity index (χ4n) is 5.61. The van der Waals surface area contributed by atoms with Crippen LogP contribution in [0.3, 0.4) is 0 Å². The summed E-state index contributed by atoms with van der Waals surface area (Å²) in [6.07, 6.45) is 3.51. The van der Waals surface area contributed by atoms with Crippen LogP contribution in [0.4, 0.5) is 11.4 Å². The molecule has 0 radical (unpaired) electrons. The quantitative estimate of drug-likeness (QED) is 0.114. The van der Waals surface area contributed by atoms with Gasteiger partial charge in [-0.2, -0.15) is 6.67 Å². The molecule has 1 aliphatic rings. The topological polar surface area (TPSA) is 22.1 Å². The maximum atomic E-state index is 5.95. The zero-order chi connectivity index (χ0) is 34.1. The standard InChI is InChI=1S/C21H27N2.C11H13ClO.C5H4ClN.2ClH.Ru/c1-14-9-16(3)20(17(4)10-14)22-7-8-23(13-22)21-18(5)11-15(2)12-19(21)6;1-8(2)13(4)11-6-5-10(12)7-9(11)3;6-5-2-1-3-7-4-5;;;/h9-13H,7-8H2,1-6H3;3,5-8H,4H2,1-2H3;1-4H;2*1H;/q-1;;;;;+2/p-2. The molecule has 1 fully saturated rings. The molecule has 5 rings (SSSR count). The number of nitrogens with zero attached hydrogens (tertiary/aromatic N) is 3. The van der Waals surface area contributed by atoms with E-state index in [1.807, 2.05) is 36.7 Å². The molecule has 1 aromatic heterocycles. The molecule has 0 bridgehead atoms. The molecule has 0 saturated carbocycles. The van der Waals surface area contributed by atoms with Gasteiger partial charge in [-0.05, 0) is 75.9 Å². The Labute approximate surface area is 299 Å². The summed E-state index contributed by atoms with van der Waals surface area (Å²) in [5.41, 5.74) is 11.8. The molecule has 250 valence electrons. The third-order valence-corrected chi connectivity index (χ3v) is 9.63. The van der Waals surface area contributed by atoms with Gasteiger partial charge >= 0.3 is 115 Å². The third-order valence-electron chi connectivity index (χ3n) is 7.34. The van der Waals surface area contributed by atoms with Gasteiger partial charge in [0.2, 0.25) is 0 Å². The van der Waals surface area contributed by atoms with Gasteiger partial charge < -0.3 is 9.80 Å². The molecule has 0 unspecified atom stereocenters. The van der Waals surface area contributed by atoms with Gasteiger partial charge in [0.05, 0.1) is 5.02 Å². The van der Waals surface area contributed by atoms with Crippen LogP contribution in [0, 0.1) is 55.3 Å². The van der Waals surface area contributed by atoms with E-state index in [0.29, 0.717) is 10.0 Å². The summed E-state index contributed by atoms with van der Waals surface area (Å²) >= 11 is 9.56. The number of rotatable bonds is 5. The van der Waals surface area contributed by atoms with Crippen molar-refractivity contribution in [2.45, 2.75) is 61.5 Å². The van der Waals surface area contributed by atoms with Gasteiger partial charge in [-0.15, -0.1) is 0 Å². The molecule has 0 N–H and O–H groups in total. The predicted octanol–water partition coefficient (Wildman–Crippen LogP) is 11.6. The Hall–Kier alpha value is -2.14. The van der Waals surface area contributed by atoms with Gasteiger partial charge in [0.15, 0.2) is 0 Å². The molecule has 1 aliphatic heterocycles. The normalized spacial score (nSPS) is 12.7. The monoisotopic (exact) mass is 788 g/mol. The second-order valence-electron chi connectivity index (χ2n) is 11.6. The Balaban J connectivity index is 0.000000216. The number of aryl methyl sites for hydroxylation is 6. The maximum absolute atomic E-state index is 5.95. The van der Waals surface area contributed by atoms with Crippen LogP contribution in [0.2, 0.25) is 10.0 Å². The molecular weight excluding hydrogens is 745 g/mol. The molecule has 1 saturated heterocycles. The van der Waals surface area contributed by atoms with Crippen LogP contribution in [-0.2, 0) is 17.9 Å². The molecule has 0 amide bonds. The molecule has 2 heterocycles. The second kappa shape index (κ2) is 17.9. The molecule has 4 nitrogen and oxygen atoms in total. The van der Waals surface area contributed by atoms with Gasteiger partial charge in [-0.25, -0.2) is 0 Å². The van der Waals surface area contributed by atoms with Crippen molar-refractivity contribution in [3.05, 3.63) is 130 Å². The van der Waals surface area contributed by atoms with Crippen LogP contribution < -0.4 is 9.80 Å². The number of pyridine rings is 1. The predicted molar refractivity (Wildman–Crippen MR) is 199 cm³/mol. The van der Waals surface area contributed by atoms with E-state index >= 15 is 0 Å². The first-order valence-corrected chi connectivity index (χ1v) is 21.2. The average Bonchev–Trinajstić information content (AvgIpc) is 3.41. The van der Waals surface area contributed by atoms with Crippen molar-refractivity contribution < 1.29 is 17.9 Å². The van der Waals surface area contributed by atoms with E-state index in [-0.39, 0.29) is 6.10 Å². The van der Waals surface area contributed by atoms with Crippen molar-refractivity contribution in [2.75, 3.05) is 22.9 Å². The van der Waals surface area contributed by atoms with Crippen molar-refractivity contribution in [2.24, 2.45) is 0 Å². The Morgan fingerprint density at radius 2 is 1.30 bits per heavy atom. The van der Waals surface area contributed by atoms with Crippen molar-refractivity contribution in [1.82, 2.24) is 4.98 Å². The number of anilines is 2. The summed E-state index contributed by atoms with van der Waals surface area (Å²) in [5.74, 6) is 0.916. The Kier molecular flexibility index (Phi) is 14.9. The van der Waals surface area contributed by atoms with Crippen molar-refractivity contribution >= 4 is 58.6 Å². The number of hydrogen-bond donors (Lipinski definition) is 0. The Morgan fingerprint density at radius 1 is 0.804 bits per heavy atom. The van der Waals surface area contributed by atoms with Crippen LogP contribution in [0.25, 0.3) is 0 Å². The minimum absolute atomic E-state index is 0.222. The van der Waals surface area contributed by atoms with Crippen molar-refractivity contribution in [1.29, 1.82) is 0 Å². The van der Waals surface area contributed by atoms with Gasteiger partial charge in [-0.1, -0.05) is 47.0 Å². The summed E-state index contributed by atoms with van der Waals surface area (Å²) in [5, 5.41) is 1.35. The third kappa shape index (κ3) is 11.0. The first-order chi connectivity index (χ1) is 21.7. The SMILES string of the molecule is Cc1cc(C)c(N2[CH-]N(c3c(C)cc(C)cc3C)CC2)c(C)c1.Clc1cccnc1.[CH2-][O+](c1ccc(Cl)cc1[CH]=[Ru]([Cl])[Cl])C(C)C. The zero-order valence-electron chi connectivity index (χ0n) is 27.8. The average molecular weight is 790 g/mol. The summed E-state index contributed by atoms with van der Waals surface area (Å²) in [6.45, 7) is 21.6. The van der Waals surface area contributed by atoms with Crippen LogP contribution in [0.1, 0.15) is 52.8 Å². The Bertz CT molecular complexity index is 1530. The van der Waals surface area contributed by atoms with E-state index in [1.165, 1.54) is 44.8 Å². The summed E-state index contributed by atoms with van der Waals surface area (Å²) in [4.78, 5) is 8.56. The van der Waals surface area contributed by atoms with Gasteiger partial charge in [0.25, 0.3) is 0 Å². The van der Waals surface area contributed by atoms with Crippen LogP contribution >= 0.6 is 42.6 Å². The van der Waals surface area contributed by atoms with Crippen LogP contribution in [0.5, 0.6) is 5.75 Å². The van der Waals surface area contributed by atoms with E-state index in [2.05, 4.69) is 98.7 Å². The van der Waals surface area contributed by atoms with Crippen LogP contribution in [-0.4, -0.2) is 28.8 Å². The number of aromatic nitrogens is 1. The number of benzene rings is 3. The molecule has 4 aromatic rings. The van der Waals surface area contributed by atoms with E-state index in [9.17, 15) is 0 Å². The Morgan fingerprint density at radius 3 is 1.67 bits per heavy atom. The fourth-order valence-corrected chi connectivity index (χ4v) is 7.70. The van der Waals surface area contributed by atoms with E-state index in [1.54, 1.807) is 24.5 Å². The second-order valence-corrected chi connectivity index (χ2v) is 18.2. The summed E-state index contributed by atoms with van der Waals surface area (Å²) in [7, 11) is 15.7.